The van der Waals surface area contributed by atoms with Gasteiger partial charge in [-0.25, -0.2) is 4.39 Å². The lowest BCUT2D eigenvalue weighted by Crippen LogP contribution is -1.87. The maximum atomic E-state index is 13.0. The summed E-state index contributed by atoms with van der Waals surface area (Å²) in [6.45, 7) is 0. The lowest BCUT2D eigenvalue weighted by molar-refractivity contribution is 0.112. The Kier molecular flexibility index (Phi) is 3.97. The van der Waals surface area contributed by atoms with E-state index in [1.807, 2.05) is 24.3 Å². The van der Waals surface area contributed by atoms with Crippen molar-refractivity contribution < 1.29 is 9.18 Å². The molecular weight excluding hydrogens is 303 g/mol. The number of hydrogen-bond donors (Lipinski definition) is 0. The maximum Gasteiger partial charge on any atom is 0.151 e. The second-order valence-electron chi connectivity index (χ2n) is 3.36. The Bertz CT molecular complexity index is 540. The molecule has 17 heavy (non-hydrogen) atoms. The van der Waals surface area contributed by atoms with Gasteiger partial charge in [-0.2, -0.15) is 0 Å². The number of hydrogen-bond acceptors (Lipinski definition) is 2. The summed E-state index contributed by atoms with van der Waals surface area (Å²) in [4.78, 5) is 12.6. The second kappa shape index (κ2) is 5.47. The molecule has 0 radical (unpaired) electrons. The van der Waals surface area contributed by atoms with Gasteiger partial charge >= 0.3 is 0 Å². The van der Waals surface area contributed by atoms with Crippen LogP contribution < -0.4 is 0 Å². The number of carbonyl (C=O) groups excluding carboxylic acids is 1. The van der Waals surface area contributed by atoms with Crippen molar-refractivity contribution in [3.8, 4) is 0 Å². The molecule has 0 N–H and O–H groups in total. The molecule has 0 amide bonds. The molecule has 2 aromatic carbocycles. The Labute approximate surface area is 111 Å². The minimum absolute atomic E-state index is 0.373. The van der Waals surface area contributed by atoms with Crippen LogP contribution in [0.3, 0.4) is 0 Å². The molecule has 0 unspecified atom stereocenters. The summed E-state index contributed by atoms with van der Waals surface area (Å²) in [6, 6.07) is 11.9. The monoisotopic (exact) mass is 310 g/mol. The summed E-state index contributed by atoms with van der Waals surface area (Å²) < 4.78 is 13.9. The van der Waals surface area contributed by atoms with Crippen LogP contribution >= 0.6 is 27.7 Å². The molecule has 0 bridgehead atoms. The highest BCUT2D eigenvalue weighted by atomic mass is 79.9. The standard InChI is InChI=1S/C13H8BrFOS/c14-10-1-4-12(5-2-10)17-13-6-3-11(15)7-9(13)8-16/h1-8H. The van der Waals surface area contributed by atoms with Crippen molar-refractivity contribution in [3.05, 3.63) is 58.3 Å². The van der Waals surface area contributed by atoms with E-state index in [2.05, 4.69) is 15.9 Å². The van der Waals surface area contributed by atoms with Gasteiger partial charge in [0, 0.05) is 19.8 Å². The van der Waals surface area contributed by atoms with E-state index in [0.29, 0.717) is 11.8 Å². The van der Waals surface area contributed by atoms with Gasteiger partial charge in [0.05, 0.1) is 0 Å². The Morgan fingerprint density at radius 3 is 2.47 bits per heavy atom. The van der Waals surface area contributed by atoms with Crippen LogP contribution in [0.5, 0.6) is 0 Å². The van der Waals surface area contributed by atoms with Crippen molar-refractivity contribution in [1.29, 1.82) is 0 Å². The van der Waals surface area contributed by atoms with Gasteiger partial charge in [0.1, 0.15) is 5.82 Å². The van der Waals surface area contributed by atoms with Crippen molar-refractivity contribution >= 4 is 34.0 Å². The lowest BCUT2D eigenvalue weighted by Gasteiger charge is -2.04. The molecule has 0 fully saturated rings. The average Bonchev–Trinajstić information content (AvgIpc) is 2.34. The molecule has 0 aliphatic heterocycles. The first-order valence-corrected chi connectivity index (χ1v) is 6.48. The van der Waals surface area contributed by atoms with Crippen LogP contribution in [0.25, 0.3) is 0 Å². The molecule has 0 saturated heterocycles. The molecule has 1 nitrogen and oxygen atoms in total. The first-order valence-electron chi connectivity index (χ1n) is 4.87. The highest BCUT2D eigenvalue weighted by molar-refractivity contribution is 9.10. The van der Waals surface area contributed by atoms with Crippen LogP contribution in [0, 0.1) is 5.82 Å². The summed E-state index contributed by atoms with van der Waals surface area (Å²) in [7, 11) is 0. The predicted octanol–water partition coefficient (Wildman–Crippen LogP) is 4.55. The van der Waals surface area contributed by atoms with E-state index < -0.39 is 5.82 Å². The highest BCUT2D eigenvalue weighted by Crippen LogP contribution is 2.30. The van der Waals surface area contributed by atoms with Gasteiger partial charge in [0.25, 0.3) is 0 Å². The van der Waals surface area contributed by atoms with E-state index in [0.717, 1.165) is 14.3 Å². The molecular formula is C13H8BrFOS. The minimum Gasteiger partial charge on any atom is -0.298 e. The number of benzene rings is 2. The Balaban J connectivity index is 2.29. The van der Waals surface area contributed by atoms with Gasteiger partial charge in [0.2, 0.25) is 0 Å². The van der Waals surface area contributed by atoms with Crippen LogP contribution in [0.4, 0.5) is 4.39 Å². The van der Waals surface area contributed by atoms with Crippen molar-refractivity contribution in [2.75, 3.05) is 0 Å². The first-order chi connectivity index (χ1) is 8.19. The summed E-state index contributed by atoms with van der Waals surface area (Å²) in [6.07, 6.45) is 0.671. The fourth-order valence-corrected chi connectivity index (χ4v) is 2.49. The summed E-state index contributed by atoms with van der Waals surface area (Å²) in [5.74, 6) is -0.396. The van der Waals surface area contributed by atoms with E-state index in [1.54, 1.807) is 6.07 Å². The molecule has 0 atom stereocenters. The molecule has 0 saturated carbocycles. The van der Waals surface area contributed by atoms with Crippen LogP contribution in [0.1, 0.15) is 10.4 Å². The molecule has 0 aliphatic carbocycles. The second-order valence-corrected chi connectivity index (χ2v) is 5.39. The molecule has 4 heteroatoms. The highest BCUT2D eigenvalue weighted by Gasteiger charge is 2.05. The van der Waals surface area contributed by atoms with Crippen LogP contribution in [-0.4, -0.2) is 6.29 Å². The third-order valence-corrected chi connectivity index (χ3v) is 3.77. The fraction of sp³-hybridized carbons (Fsp3) is 0. The number of halogens is 2. The van der Waals surface area contributed by atoms with Crippen molar-refractivity contribution in [1.82, 2.24) is 0 Å². The minimum atomic E-state index is -0.396. The zero-order chi connectivity index (χ0) is 12.3. The SMILES string of the molecule is O=Cc1cc(F)ccc1Sc1ccc(Br)cc1. The quantitative estimate of drug-likeness (QED) is 0.773. The van der Waals surface area contributed by atoms with E-state index in [1.165, 1.54) is 23.9 Å². The Morgan fingerprint density at radius 1 is 1.12 bits per heavy atom. The molecule has 2 rings (SSSR count). The van der Waals surface area contributed by atoms with Gasteiger partial charge in [-0.05, 0) is 42.5 Å². The normalized spacial score (nSPS) is 10.2. The van der Waals surface area contributed by atoms with Gasteiger partial charge < -0.3 is 0 Å². The smallest absolute Gasteiger partial charge is 0.151 e. The number of aldehydes is 1. The Hall–Kier alpha value is -1.13. The summed E-state index contributed by atoms with van der Waals surface area (Å²) >= 11 is 4.79. The third-order valence-electron chi connectivity index (χ3n) is 2.14. The van der Waals surface area contributed by atoms with Crippen LogP contribution in [0.15, 0.2) is 56.7 Å². The summed E-state index contributed by atoms with van der Waals surface area (Å²) in [5.41, 5.74) is 0.373. The first kappa shape index (κ1) is 12.3. The van der Waals surface area contributed by atoms with Crippen molar-refractivity contribution in [2.24, 2.45) is 0 Å². The topological polar surface area (TPSA) is 17.1 Å². The van der Waals surface area contributed by atoms with Crippen molar-refractivity contribution in [3.63, 3.8) is 0 Å². The molecule has 0 aliphatic rings. The van der Waals surface area contributed by atoms with E-state index in [-0.39, 0.29) is 0 Å². The zero-order valence-electron chi connectivity index (χ0n) is 8.69. The predicted molar refractivity (Wildman–Crippen MR) is 70.1 cm³/mol. The molecule has 0 spiro atoms. The molecule has 2 aromatic rings. The number of rotatable bonds is 3. The maximum absolute atomic E-state index is 13.0. The zero-order valence-corrected chi connectivity index (χ0v) is 11.1. The van der Waals surface area contributed by atoms with Gasteiger partial charge in [-0.15, -0.1) is 0 Å². The molecule has 0 heterocycles. The van der Waals surface area contributed by atoms with Gasteiger partial charge in [-0.3, -0.25) is 4.79 Å². The van der Waals surface area contributed by atoms with E-state index in [9.17, 15) is 9.18 Å². The van der Waals surface area contributed by atoms with Crippen LogP contribution in [0.2, 0.25) is 0 Å². The third kappa shape index (κ3) is 3.17. The van der Waals surface area contributed by atoms with E-state index in [4.69, 9.17) is 0 Å². The Morgan fingerprint density at radius 2 is 1.82 bits per heavy atom. The van der Waals surface area contributed by atoms with Crippen LogP contribution in [-0.2, 0) is 0 Å². The fourth-order valence-electron chi connectivity index (χ4n) is 1.33. The summed E-state index contributed by atoms with van der Waals surface area (Å²) in [5, 5.41) is 0. The molecule has 86 valence electrons. The number of carbonyl (C=O) groups is 1. The average molecular weight is 311 g/mol. The lowest BCUT2D eigenvalue weighted by atomic mass is 10.2. The van der Waals surface area contributed by atoms with Crippen molar-refractivity contribution in [2.45, 2.75) is 9.79 Å². The van der Waals surface area contributed by atoms with Gasteiger partial charge in [-0.1, -0.05) is 27.7 Å². The largest absolute Gasteiger partial charge is 0.298 e. The van der Waals surface area contributed by atoms with E-state index >= 15 is 0 Å². The molecule has 0 aromatic heterocycles. The van der Waals surface area contributed by atoms with Gasteiger partial charge in [0.15, 0.2) is 6.29 Å².